The summed E-state index contributed by atoms with van der Waals surface area (Å²) in [5, 5.41) is 1.12. The van der Waals surface area contributed by atoms with Gasteiger partial charge in [0, 0.05) is 11.4 Å². The Kier molecular flexibility index (Phi) is 3.45. The van der Waals surface area contributed by atoms with Crippen LogP contribution in [0.2, 0.25) is 0 Å². The van der Waals surface area contributed by atoms with Gasteiger partial charge in [0.15, 0.2) is 0 Å². The largest absolute Gasteiger partial charge is 0.293 e. The first-order valence-electron chi connectivity index (χ1n) is 9.20. The van der Waals surface area contributed by atoms with E-state index in [1.54, 1.807) is 0 Å². The number of aromatic nitrogens is 3. The van der Waals surface area contributed by atoms with Crippen LogP contribution in [0.1, 0.15) is 32.0 Å². The molecule has 1 fully saturated rings. The third-order valence-corrected chi connectivity index (χ3v) is 5.50. The molecule has 4 aromatic rings. The van der Waals surface area contributed by atoms with Gasteiger partial charge >= 0.3 is 0 Å². The summed E-state index contributed by atoms with van der Waals surface area (Å²) in [5.41, 5.74) is 4.24. The van der Waals surface area contributed by atoms with Gasteiger partial charge in [-0.2, -0.15) is 0 Å². The van der Waals surface area contributed by atoms with Crippen molar-refractivity contribution in [1.29, 1.82) is 0 Å². The van der Waals surface area contributed by atoms with Crippen molar-refractivity contribution in [3.63, 3.8) is 0 Å². The number of hydrogen-bond acceptors (Lipinski definition) is 3. The third-order valence-electron chi connectivity index (χ3n) is 5.50. The van der Waals surface area contributed by atoms with E-state index in [1.807, 2.05) is 0 Å². The Morgan fingerprint density at radius 1 is 0.960 bits per heavy atom. The predicted molar refractivity (Wildman–Crippen MR) is 102 cm³/mol. The highest BCUT2D eigenvalue weighted by Gasteiger charge is 2.21. The highest BCUT2D eigenvalue weighted by Crippen LogP contribution is 2.26. The number of benzene rings is 2. The molecule has 4 heteroatoms. The van der Waals surface area contributed by atoms with Gasteiger partial charge in [-0.05, 0) is 50.6 Å². The summed E-state index contributed by atoms with van der Waals surface area (Å²) >= 11 is 0. The number of imidazole rings is 1. The Hall–Kier alpha value is -2.46. The molecule has 126 valence electrons. The van der Waals surface area contributed by atoms with E-state index >= 15 is 0 Å². The second-order valence-electron chi connectivity index (χ2n) is 7.12. The monoisotopic (exact) mass is 330 g/mol. The van der Waals surface area contributed by atoms with Crippen molar-refractivity contribution in [2.45, 2.75) is 38.8 Å². The molecule has 2 aromatic heterocycles. The molecule has 4 nitrogen and oxygen atoms in total. The van der Waals surface area contributed by atoms with Crippen molar-refractivity contribution in [2.24, 2.45) is 0 Å². The van der Waals surface area contributed by atoms with Gasteiger partial charge < -0.3 is 0 Å². The second-order valence-corrected chi connectivity index (χ2v) is 7.12. The van der Waals surface area contributed by atoms with Gasteiger partial charge in [-0.15, -0.1) is 0 Å². The van der Waals surface area contributed by atoms with Crippen LogP contribution in [0.3, 0.4) is 0 Å². The quantitative estimate of drug-likeness (QED) is 0.546. The Balaban J connectivity index is 1.77. The van der Waals surface area contributed by atoms with E-state index in [0.717, 1.165) is 46.5 Å². The Labute approximate surface area is 147 Å². The molecule has 1 saturated heterocycles. The third kappa shape index (κ3) is 2.40. The molecule has 0 aliphatic carbocycles. The van der Waals surface area contributed by atoms with Gasteiger partial charge in [0.1, 0.15) is 11.5 Å². The Morgan fingerprint density at radius 2 is 1.76 bits per heavy atom. The molecule has 0 saturated carbocycles. The lowest BCUT2D eigenvalue weighted by Gasteiger charge is -2.33. The summed E-state index contributed by atoms with van der Waals surface area (Å²) in [4.78, 5) is 12.5. The maximum Gasteiger partial charge on any atom is 0.148 e. The van der Waals surface area contributed by atoms with Crippen LogP contribution < -0.4 is 0 Å². The van der Waals surface area contributed by atoms with E-state index < -0.39 is 0 Å². The molecule has 0 bridgehead atoms. The SMILES string of the molecule is CC1CCCCN1Cc1nc2ccccc2c2nc3ccccc3n12. The van der Waals surface area contributed by atoms with Gasteiger partial charge in [0.05, 0.1) is 23.1 Å². The first-order chi connectivity index (χ1) is 12.3. The maximum atomic E-state index is 5.04. The van der Waals surface area contributed by atoms with Crippen LogP contribution in [0.15, 0.2) is 48.5 Å². The average Bonchev–Trinajstić information content (AvgIpc) is 3.04. The fourth-order valence-electron chi connectivity index (χ4n) is 4.10. The van der Waals surface area contributed by atoms with Crippen LogP contribution in [0.5, 0.6) is 0 Å². The number of nitrogens with zero attached hydrogens (tertiary/aromatic N) is 4. The van der Waals surface area contributed by atoms with E-state index in [-0.39, 0.29) is 0 Å². The van der Waals surface area contributed by atoms with E-state index in [0.29, 0.717) is 6.04 Å². The molecule has 0 spiro atoms. The smallest absolute Gasteiger partial charge is 0.148 e. The maximum absolute atomic E-state index is 5.04. The summed E-state index contributed by atoms with van der Waals surface area (Å²) in [6.07, 6.45) is 3.90. The van der Waals surface area contributed by atoms with E-state index in [1.165, 1.54) is 19.3 Å². The van der Waals surface area contributed by atoms with Crippen molar-refractivity contribution < 1.29 is 0 Å². The molecular weight excluding hydrogens is 308 g/mol. The molecule has 0 N–H and O–H groups in total. The first kappa shape index (κ1) is 14.8. The summed E-state index contributed by atoms with van der Waals surface area (Å²) in [6.45, 7) is 4.37. The molecule has 2 aromatic carbocycles. The predicted octanol–water partition coefficient (Wildman–Crippen LogP) is 4.41. The van der Waals surface area contributed by atoms with E-state index in [2.05, 4.69) is 64.8 Å². The van der Waals surface area contributed by atoms with Gasteiger partial charge in [0.2, 0.25) is 0 Å². The molecule has 3 heterocycles. The highest BCUT2D eigenvalue weighted by molar-refractivity contribution is 5.96. The van der Waals surface area contributed by atoms with Crippen molar-refractivity contribution >= 4 is 27.6 Å². The number of rotatable bonds is 2. The minimum absolute atomic E-state index is 0.617. The lowest BCUT2D eigenvalue weighted by molar-refractivity contribution is 0.148. The average molecular weight is 330 g/mol. The Bertz CT molecular complexity index is 1070. The second kappa shape index (κ2) is 5.81. The Morgan fingerprint density at radius 3 is 2.64 bits per heavy atom. The standard InChI is InChI=1S/C21H22N4/c1-15-8-6-7-13-24(15)14-20-22-17-10-3-2-9-16(17)21-23-18-11-4-5-12-19(18)25(20)21/h2-5,9-12,15H,6-8,13-14H2,1H3. The molecule has 0 radical (unpaired) electrons. The minimum atomic E-state index is 0.617. The van der Waals surface area contributed by atoms with Crippen molar-refractivity contribution in [1.82, 2.24) is 19.3 Å². The van der Waals surface area contributed by atoms with Crippen molar-refractivity contribution in [3.05, 3.63) is 54.4 Å². The zero-order chi connectivity index (χ0) is 16.8. The van der Waals surface area contributed by atoms with Gasteiger partial charge in [-0.3, -0.25) is 9.30 Å². The summed E-state index contributed by atoms with van der Waals surface area (Å²) in [5.74, 6) is 1.09. The van der Waals surface area contributed by atoms with Crippen LogP contribution in [-0.4, -0.2) is 31.9 Å². The van der Waals surface area contributed by atoms with Crippen molar-refractivity contribution in [3.8, 4) is 0 Å². The van der Waals surface area contributed by atoms with Crippen LogP contribution in [0, 0.1) is 0 Å². The highest BCUT2D eigenvalue weighted by atomic mass is 15.2. The van der Waals surface area contributed by atoms with Crippen LogP contribution in [0.4, 0.5) is 0 Å². The van der Waals surface area contributed by atoms with Crippen LogP contribution in [0.25, 0.3) is 27.6 Å². The first-order valence-corrected chi connectivity index (χ1v) is 9.20. The normalized spacial score (nSPS) is 19.2. The zero-order valence-electron chi connectivity index (χ0n) is 14.5. The number of likely N-dealkylation sites (tertiary alicyclic amines) is 1. The van der Waals surface area contributed by atoms with Crippen molar-refractivity contribution in [2.75, 3.05) is 6.54 Å². The molecule has 1 aliphatic rings. The summed E-state index contributed by atoms with van der Waals surface area (Å²) in [7, 11) is 0. The summed E-state index contributed by atoms with van der Waals surface area (Å²) in [6, 6.07) is 17.3. The number of piperidine rings is 1. The van der Waals surface area contributed by atoms with Crippen LogP contribution >= 0.6 is 0 Å². The topological polar surface area (TPSA) is 33.4 Å². The number of hydrogen-bond donors (Lipinski definition) is 0. The number of fused-ring (bicyclic) bond motifs is 5. The van der Waals surface area contributed by atoms with Crippen LogP contribution in [-0.2, 0) is 6.54 Å². The van der Waals surface area contributed by atoms with Gasteiger partial charge in [0.25, 0.3) is 0 Å². The molecule has 0 amide bonds. The minimum Gasteiger partial charge on any atom is -0.293 e. The van der Waals surface area contributed by atoms with E-state index in [4.69, 9.17) is 9.97 Å². The molecule has 1 unspecified atom stereocenters. The summed E-state index contributed by atoms with van der Waals surface area (Å²) < 4.78 is 2.26. The fourth-order valence-corrected chi connectivity index (χ4v) is 4.10. The lowest BCUT2D eigenvalue weighted by atomic mass is 10.0. The lowest BCUT2D eigenvalue weighted by Crippen LogP contribution is -2.37. The molecule has 1 atom stereocenters. The molecule has 25 heavy (non-hydrogen) atoms. The van der Waals surface area contributed by atoms with E-state index in [9.17, 15) is 0 Å². The molecular formula is C21H22N4. The number of para-hydroxylation sites is 3. The van der Waals surface area contributed by atoms with Gasteiger partial charge in [-0.1, -0.05) is 30.7 Å². The molecule has 1 aliphatic heterocycles. The molecule has 5 rings (SSSR count). The fraction of sp³-hybridized carbons (Fsp3) is 0.333. The van der Waals surface area contributed by atoms with Gasteiger partial charge in [-0.25, -0.2) is 9.97 Å². The zero-order valence-corrected chi connectivity index (χ0v) is 14.5.